The van der Waals surface area contributed by atoms with Crippen molar-refractivity contribution >= 4 is 17.3 Å². The van der Waals surface area contributed by atoms with Gasteiger partial charge in [-0.2, -0.15) is 0 Å². The van der Waals surface area contributed by atoms with Gasteiger partial charge in [0.25, 0.3) is 11.6 Å². The first-order valence-corrected chi connectivity index (χ1v) is 8.66. The quantitative estimate of drug-likeness (QED) is 0.452. The summed E-state index contributed by atoms with van der Waals surface area (Å²) in [6, 6.07) is 19.0. The summed E-state index contributed by atoms with van der Waals surface area (Å²) in [5.41, 5.74) is -0.207. The summed E-state index contributed by atoms with van der Waals surface area (Å²) in [4.78, 5) is 22.6. The van der Waals surface area contributed by atoms with Crippen LogP contribution < -0.4 is 14.8 Å². The fourth-order valence-corrected chi connectivity index (χ4v) is 2.56. The number of para-hydroxylation sites is 3. The molecule has 0 fully saturated rings. The highest BCUT2D eigenvalue weighted by Gasteiger charge is 2.19. The van der Waals surface area contributed by atoms with Gasteiger partial charge in [-0.3, -0.25) is 14.9 Å². The van der Waals surface area contributed by atoms with Crippen molar-refractivity contribution < 1.29 is 23.6 Å². The molecule has 0 radical (unpaired) electrons. The van der Waals surface area contributed by atoms with E-state index in [1.165, 1.54) is 12.1 Å². The van der Waals surface area contributed by atoms with E-state index in [4.69, 9.17) is 9.47 Å². The Morgan fingerprint density at radius 1 is 0.966 bits per heavy atom. The second kappa shape index (κ2) is 9.32. The van der Waals surface area contributed by atoms with Gasteiger partial charge in [-0.25, -0.2) is 4.39 Å². The number of anilines is 1. The van der Waals surface area contributed by atoms with Crippen LogP contribution in [0.2, 0.25) is 0 Å². The lowest BCUT2D eigenvalue weighted by Gasteiger charge is -2.13. The molecule has 0 atom stereocenters. The zero-order valence-corrected chi connectivity index (χ0v) is 15.2. The molecule has 3 rings (SSSR count). The highest BCUT2D eigenvalue weighted by atomic mass is 19.1. The highest BCUT2D eigenvalue weighted by Crippen LogP contribution is 2.28. The van der Waals surface area contributed by atoms with E-state index in [9.17, 15) is 19.3 Å². The van der Waals surface area contributed by atoms with Gasteiger partial charge < -0.3 is 14.8 Å². The van der Waals surface area contributed by atoms with E-state index in [2.05, 4.69) is 5.32 Å². The average Bonchev–Trinajstić information content (AvgIpc) is 2.73. The molecule has 0 aliphatic heterocycles. The molecule has 148 valence electrons. The Balaban J connectivity index is 1.67. The molecule has 1 amide bonds. The van der Waals surface area contributed by atoms with Crippen molar-refractivity contribution in [3.05, 3.63) is 94.3 Å². The topological polar surface area (TPSA) is 90.7 Å². The second-order valence-electron chi connectivity index (χ2n) is 5.93. The first kappa shape index (κ1) is 19.8. The summed E-state index contributed by atoms with van der Waals surface area (Å²) in [6.07, 6.45) is 0. The minimum Gasteiger partial charge on any atom is -0.486 e. The molecule has 7 nitrogen and oxygen atoms in total. The van der Waals surface area contributed by atoms with Crippen molar-refractivity contribution in [1.29, 1.82) is 0 Å². The van der Waals surface area contributed by atoms with Crippen molar-refractivity contribution in [2.75, 3.05) is 11.9 Å². The molecule has 8 heteroatoms. The third kappa shape index (κ3) is 5.29. The lowest BCUT2D eigenvalue weighted by atomic mass is 10.2. The van der Waals surface area contributed by atoms with Crippen molar-refractivity contribution in [2.45, 2.75) is 6.61 Å². The Morgan fingerprint density at radius 3 is 2.45 bits per heavy atom. The van der Waals surface area contributed by atoms with Crippen LogP contribution >= 0.6 is 0 Å². The Hall–Kier alpha value is -3.94. The molecule has 0 spiro atoms. The maximum absolute atomic E-state index is 14.0. The van der Waals surface area contributed by atoms with Crippen molar-refractivity contribution in [3.8, 4) is 11.5 Å². The van der Waals surface area contributed by atoms with E-state index in [0.29, 0.717) is 11.4 Å². The summed E-state index contributed by atoms with van der Waals surface area (Å²) in [6.45, 7) is -0.576. The number of benzene rings is 3. The second-order valence-corrected chi connectivity index (χ2v) is 5.93. The Morgan fingerprint density at radius 2 is 1.69 bits per heavy atom. The fraction of sp³-hybridized carbons (Fsp3) is 0.0952. The van der Waals surface area contributed by atoms with Gasteiger partial charge in [0.15, 0.2) is 6.61 Å². The molecule has 0 aliphatic carbocycles. The molecule has 0 aliphatic rings. The molecule has 3 aromatic carbocycles. The number of carbonyl (C=O) groups is 1. The van der Waals surface area contributed by atoms with E-state index in [0.717, 1.165) is 6.07 Å². The van der Waals surface area contributed by atoms with Gasteiger partial charge in [0.2, 0.25) is 0 Å². The van der Waals surface area contributed by atoms with E-state index < -0.39 is 16.6 Å². The van der Waals surface area contributed by atoms with E-state index in [-0.39, 0.29) is 30.2 Å². The SMILES string of the molecule is O=C(COc1ccccc1)Nc1ccccc1OCc1c(F)cccc1[N+](=O)[O-]. The van der Waals surface area contributed by atoms with Crippen molar-refractivity contribution in [2.24, 2.45) is 0 Å². The highest BCUT2D eigenvalue weighted by molar-refractivity contribution is 5.93. The zero-order chi connectivity index (χ0) is 20.6. The van der Waals surface area contributed by atoms with Crippen LogP contribution in [0.25, 0.3) is 0 Å². The minimum atomic E-state index is -0.739. The predicted molar refractivity (Wildman–Crippen MR) is 104 cm³/mol. The number of hydrogen-bond donors (Lipinski definition) is 1. The first-order valence-electron chi connectivity index (χ1n) is 8.66. The lowest BCUT2D eigenvalue weighted by molar-refractivity contribution is -0.386. The Labute approximate surface area is 165 Å². The smallest absolute Gasteiger partial charge is 0.278 e. The van der Waals surface area contributed by atoms with E-state index in [1.807, 2.05) is 6.07 Å². The molecule has 0 bridgehead atoms. The average molecular weight is 396 g/mol. The van der Waals surface area contributed by atoms with Gasteiger partial charge >= 0.3 is 0 Å². The predicted octanol–water partition coefficient (Wildman–Crippen LogP) is 4.33. The van der Waals surface area contributed by atoms with Crippen LogP contribution in [0.3, 0.4) is 0 Å². The molecule has 1 N–H and O–H groups in total. The third-order valence-electron chi connectivity index (χ3n) is 3.94. The summed E-state index contributed by atoms with van der Waals surface area (Å²) < 4.78 is 25.0. The normalized spacial score (nSPS) is 10.2. The van der Waals surface area contributed by atoms with Crippen LogP contribution in [-0.4, -0.2) is 17.4 Å². The Bertz CT molecular complexity index is 1010. The number of nitro benzene ring substituents is 1. The largest absolute Gasteiger partial charge is 0.486 e. The standard InChI is InChI=1S/C21H17FN2O5/c22-17-9-6-11-19(24(26)27)16(17)13-29-20-12-5-4-10-18(20)23-21(25)14-28-15-7-2-1-3-8-15/h1-12H,13-14H2,(H,23,25). The lowest BCUT2D eigenvalue weighted by Crippen LogP contribution is -2.20. The maximum atomic E-state index is 14.0. The number of rotatable bonds is 8. The van der Waals surface area contributed by atoms with E-state index in [1.54, 1.807) is 48.5 Å². The molecule has 0 unspecified atom stereocenters. The van der Waals surface area contributed by atoms with Crippen LogP contribution in [0.4, 0.5) is 15.8 Å². The first-order chi connectivity index (χ1) is 14.0. The van der Waals surface area contributed by atoms with Crippen LogP contribution in [-0.2, 0) is 11.4 Å². The maximum Gasteiger partial charge on any atom is 0.278 e. The third-order valence-corrected chi connectivity index (χ3v) is 3.94. The van der Waals surface area contributed by atoms with Gasteiger partial charge in [-0.15, -0.1) is 0 Å². The summed E-state index contributed by atoms with van der Waals surface area (Å²) in [7, 11) is 0. The minimum absolute atomic E-state index is 0.175. The molecule has 0 aromatic heterocycles. The summed E-state index contributed by atoms with van der Waals surface area (Å²) >= 11 is 0. The molecule has 0 heterocycles. The van der Waals surface area contributed by atoms with Crippen LogP contribution in [0.5, 0.6) is 11.5 Å². The van der Waals surface area contributed by atoms with Gasteiger partial charge in [0.1, 0.15) is 29.5 Å². The van der Waals surface area contributed by atoms with Crippen LogP contribution in [0.15, 0.2) is 72.8 Å². The number of carbonyl (C=O) groups excluding carboxylic acids is 1. The number of nitrogens with zero attached hydrogens (tertiary/aromatic N) is 1. The van der Waals surface area contributed by atoms with Crippen molar-refractivity contribution in [3.63, 3.8) is 0 Å². The molecule has 29 heavy (non-hydrogen) atoms. The van der Waals surface area contributed by atoms with Crippen LogP contribution in [0, 0.1) is 15.9 Å². The molecular weight excluding hydrogens is 379 g/mol. The summed E-state index contributed by atoms with van der Waals surface area (Å²) in [5, 5.41) is 13.8. The molecule has 0 saturated heterocycles. The van der Waals surface area contributed by atoms with Gasteiger partial charge in [0.05, 0.1) is 10.6 Å². The number of nitrogens with one attached hydrogen (secondary N) is 1. The van der Waals surface area contributed by atoms with Gasteiger partial charge in [-0.1, -0.05) is 36.4 Å². The summed E-state index contributed by atoms with van der Waals surface area (Å²) in [5.74, 6) is -0.351. The van der Waals surface area contributed by atoms with Gasteiger partial charge in [-0.05, 0) is 30.3 Å². The van der Waals surface area contributed by atoms with Crippen LogP contribution in [0.1, 0.15) is 5.56 Å². The number of ether oxygens (including phenoxy) is 2. The Kier molecular flexibility index (Phi) is 6.36. The molecule has 0 saturated carbocycles. The number of nitro groups is 1. The monoisotopic (exact) mass is 396 g/mol. The van der Waals surface area contributed by atoms with Gasteiger partial charge in [0, 0.05) is 6.07 Å². The molecule has 3 aromatic rings. The van der Waals surface area contributed by atoms with E-state index >= 15 is 0 Å². The number of amides is 1. The number of hydrogen-bond acceptors (Lipinski definition) is 5. The fourth-order valence-electron chi connectivity index (χ4n) is 2.56. The number of halogens is 1. The zero-order valence-electron chi connectivity index (χ0n) is 15.2. The molecular formula is C21H17FN2O5. The van der Waals surface area contributed by atoms with Crippen molar-refractivity contribution in [1.82, 2.24) is 0 Å².